The number of nitrogens with one attached hydrogen (secondary N) is 1. The van der Waals surface area contributed by atoms with Gasteiger partial charge in [0, 0.05) is 17.3 Å². The Bertz CT molecular complexity index is 363. The molecule has 0 aromatic heterocycles. The standard InChI is InChI=1S/C12H16N2O/c1-8-5-9(7-10(13)6-8)12(15)14-11-3-2-4-11/h5-7,11H,2-4,13H2,1H3,(H,14,15). The second-order valence-electron chi connectivity index (χ2n) is 4.23. The maximum atomic E-state index is 11.8. The number of carbonyl (C=O) groups is 1. The van der Waals surface area contributed by atoms with E-state index in [1.165, 1.54) is 6.42 Å². The highest BCUT2D eigenvalue weighted by Gasteiger charge is 2.20. The number of benzene rings is 1. The van der Waals surface area contributed by atoms with Crippen LogP contribution in [-0.2, 0) is 0 Å². The summed E-state index contributed by atoms with van der Waals surface area (Å²) in [4.78, 5) is 11.8. The van der Waals surface area contributed by atoms with E-state index < -0.39 is 0 Å². The maximum Gasteiger partial charge on any atom is 0.251 e. The summed E-state index contributed by atoms with van der Waals surface area (Å²) in [6.45, 7) is 1.94. The van der Waals surface area contributed by atoms with Crippen LogP contribution in [0.2, 0.25) is 0 Å². The van der Waals surface area contributed by atoms with Crippen LogP contribution in [0.1, 0.15) is 35.2 Å². The van der Waals surface area contributed by atoms with Gasteiger partial charge in [0.25, 0.3) is 5.91 Å². The lowest BCUT2D eigenvalue weighted by molar-refractivity contribution is 0.0917. The minimum Gasteiger partial charge on any atom is -0.399 e. The van der Waals surface area contributed by atoms with Crippen LogP contribution in [0.25, 0.3) is 0 Å². The van der Waals surface area contributed by atoms with Gasteiger partial charge < -0.3 is 11.1 Å². The van der Waals surface area contributed by atoms with Gasteiger partial charge in [0.1, 0.15) is 0 Å². The number of anilines is 1. The van der Waals surface area contributed by atoms with Gasteiger partial charge in [-0.05, 0) is 49.9 Å². The summed E-state index contributed by atoms with van der Waals surface area (Å²) in [5.74, 6) is -0.00454. The average molecular weight is 204 g/mol. The lowest BCUT2D eigenvalue weighted by Gasteiger charge is -2.26. The molecule has 0 radical (unpaired) electrons. The van der Waals surface area contributed by atoms with E-state index in [2.05, 4.69) is 5.32 Å². The van der Waals surface area contributed by atoms with Gasteiger partial charge in [0.2, 0.25) is 0 Å². The van der Waals surface area contributed by atoms with E-state index >= 15 is 0 Å². The summed E-state index contributed by atoms with van der Waals surface area (Å²) >= 11 is 0. The normalized spacial score (nSPS) is 15.8. The third kappa shape index (κ3) is 2.29. The van der Waals surface area contributed by atoms with E-state index in [-0.39, 0.29) is 5.91 Å². The molecule has 0 atom stereocenters. The number of aryl methyl sites for hydroxylation is 1. The molecule has 1 fully saturated rings. The zero-order valence-electron chi connectivity index (χ0n) is 8.92. The number of nitrogens with two attached hydrogens (primary N) is 1. The minimum absolute atomic E-state index is 0.00454. The fourth-order valence-electron chi connectivity index (χ4n) is 1.77. The second-order valence-corrected chi connectivity index (χ2v) is 4.23. The molecule has 1 saturated carbocycles. The Morgan fingerprint density at radius 1 is 1.40 bits per heavy atom. The van der Waals surface area contributed by atoms with Gasteiger partial charge in [-0.2, -0.15) is 0 Å². The van der Waals surface area contributed by atoms with Gasteiger partial charge >= 0.3 is 0 Å². The summed E-state index contributed by atoms with van der Waals surface area (Å²) < 4.78 is 0. The lowest BCUT2D eigenvalue weighted by Crippen LogP contribution is -2.39. The maximum absolute atomic E-state index is 11.8. The third-order valence-corrected chi connectivity index (χ3v) is 2.80. The highest BCUT2D eigenvalue weighted by molar-refractivity contribution is 5.95. The van der Waals surface area contributed by atoms with Crippen LogP contribution in [-0.4, -0.2) is 11.9 Å². The van der Waals surface area contributed by atoms with Gasteiger partial charge in [-0.25, -0.2) is 0 Å². The summed E-state index contributed by atoms with van der Waals surface area (Å²) in [6, 6.07) is 5.82. The van der Waals surface area contributed by atoms with E-state index in [9.17, 15) is 4.79 Å². The first kappa shape index (κ1) is 10.0. The van der Waals surface area contributed by atoms with Gasteiger partial charge in [-0.1, -0.05) is 0 Å². The lowest BCUT2D eigenvalue weighted by atomic mass is 9.93. The number of hydrogen-bond donors (Lipinski definition) is 2. The molecule has 0 aliphatic heterocycles. The molecule has 3 nitrogen and oxygen atoms in total. The molecule has 0 heterocycles. The highest BCUT2D eigenvalue weighted by atomic mass is 16.1. The summed E-state index contributed by atoms with van der Waals surface area (Å²) in [7, 11) is 0. The van der Waals surface area contributed by atoms with Crippen molar-refractivity contribution in [1.82, 2.24) is 5.32 Å². The molecule has 3 heteroatoms. The van der Waals surface area contributed by atoms with Crippen LogP contribution in [0.15, 0.2) is 18.2 Å². The molecule has 0 spiro atoms. The molecule has 0 bridgehead atoms. The summed E-state index contributed by atoms with van der Waals surface area (Å²) in [5, 5.41) is 2.99. The first-order chi connectivity index (χ1) is 7.15. The fraction of sp³-hybridized carbons (Fsp3) is 0.417. The van der Waals surface area contributed by atoms with Crippen LogP contribution < -0.4 is 11.1 Å². The number of rotatable bonds is 2. The monoisotopic (exact) mass is 204 g/mol. The minimum atomic E-state index is -0.00454. The number of hydrogen-bond acceptors (Lipinski definition) is 2. The molecule has 0 saturated heterocycles. The molecule has 1 aromatic rings. The molecule has 2 rings (SSSR count). The largest absolute Gasteiger partial charge is 0.399 e. The van der Waals surface area contributed by atoms with E-state index in [0.717, 1.165) is 18.4 Å². The number of amides is 1. The molecule has 1 aromatic carbocycles. The van der Waals surface area contributed by atoms with Crippen molar-refractivity contribution in [2.24, 2.45) is 0 Å². The Labute approximate surface area is 89.7 Å². The SMILES string of the molecule is Cc1cc(N)cc(C(=O)NC2CCC2)c1. The van der Waals surface area contributed by atoms with Crippen LogP contribution in [0, 0.1) is 6.92 Å². The molecule has 80 valence electrons. The summed E-state index contributed by atoms with van der Waals surface area (Å²) in [6.07, 6.45) is 3.43. The van der Waals surface area contributed by atoms with Crippen molar-refractivity contribution < 1.29 is 4.79 Å². The molecule has 3 N–H and O–H groups in total. The van der Waals surface area contributed by atoms with Crippen LogP contribution in [0.5, 0.6) is 0 Å². The van der Waals surface area contributed by atoms with Crippen LogP contribution >= 0.6 is 0 Å². The smallest absolute Gasteiger partial charge is 0.251 e. The van der Waals surface area contributed by atoms with Crippen molar-refractivity contribution >= 4 is 11.6 Å². The van der Waals surface area contributed by atoms with Crippen molar-refractivity contribution in [3.05, 3.63) is 29.3 Å². The quantitative estimate of drug-likeness (QED) is 0.722. The first-order valence-electron chi connectivity index (χ1n) is 5.33. The molecule has 1 aliphatic carbocycles. The van der Waals surface area contributed by atoms with E-state index in [1.807, 2.05) is 19.1 Å². The zero-order chi connectivity index (χ0) is 10.8. The first-order valence-corrected chi connectivity index (χ1v) is 5.33. The molecule has 15 heavy (non-hydrogen) atoms. The van der Waals surface area contributed by atoms with Crippen molar-refractivity contribution in [2.75, 3.05) is 5.73 Å². The Hall–Kier alpha value is -1.51. The molecule has 1 aliphatic rings. The molecule has 1 amide bonds. The van der Waals surface area contributed by atoms with E-state index in [4.69, 9.17) is 5.73 Å². The number of carbonyl (C=O) groups excluding carboxylic acids is 1. The van der Waals surface area contributed by atoms with Crippen LogP contribution in [0.4, 0.5) is 5.69 Å². The average Bonchev–Trinajstić information content (AvgIpc) is 2.09. The van der Waals surface area contributed by atoms with Gasteiger partial charge in [0.05, 0.1) is 0 Å². The second kappa shape index (κ2) is 3.93. The highest BCUT2D eigenvalue weighted by Crippen LogP contribution is 2.19. The van der Waals surface area contributed by atoms with Crippen molar-refractivity contribution in [2.45, 2.75) is 32.2 Å². The molecular formula is C12H16N2O. The van der Waals surface area contributed by atoms with Gasteiger partial charge in [-0.3, -0.25) is 4.79 Å². The van der Waals surface area contributed by atoms with E-state index in [1.54, 1.807) is 6.07 Å². The Kier molecular flexibility index (Phi) is 2.62. The van der Waals surface area contributed by atoms with Crippen molar-refractivity contribution in [3.8, 4) is 0 Å². The van der Waals surface area contributed by atoms with Crippen LogP contribution in [0.3, 0.4) is 0 Å². The van der Waals surface area contributed by atoms with Crippen molar-refractivity contribution in [3.63, 3.8) is 0 Å². The van der Waals surface area contributed by atoms with E-state index in [0.29, 0.717) is 17.3 Å². The predicted molar refractivity (Wildman–Crippen MR) is 60.7 cm³/mol. The zero-order valence-corrected chi connectivity index (χ0v) is 8.92. The summed E-state index contributed by atoms with van der Waals surface area (Å²) in [5.41, 5.74) is 8.03. The molecule has 0 unspecified atom stereocenters. The van der Waals surface area contributed by atoms with Crippen molar-refractivity contribution in [1.29, 1.82) is 0 Å². The Morgan fingerprint density at radius 2 is 2.13 bits per heavy atom. The fourth-order valence-corrected chi connectivity index (χ4v) is 1.77. The Balaban J connectivity index is 2.10. The topological polar surface area (TPSA) is 55.1 Å². The number of nitrogen functional groups attached to an aromatic ring is 1. The van der Waals surface area contributed by atoms with Gasteiger partial charge in [-0.15, -0.1) is 0 Å². The Morgan fingerprint density at radius 3 is 2.67 bits per heavy atom. The van der Waals surface area contributed by atoms with Gasteiger partial charge in [0.15, 0.2) is 0 Å². The third-order valence-electron chi connectivity index (χ3n) is 2.80. The molecular weight excluding hydrogens is 188 g/mol. The predicted octanol–water partition coefficient (Wildman–Crippen LogP) is 1.86.